The summed E-state index contributed by atoms with van der Waals surface area (Å²) >= 11 is 0. The Morgan fingerprint density at radius 2 is 2.23 bits per heavy atom. The molecule has 0 aromatic rings. The maximum atomic E-state index is 12.8. The predicted molar refractivity (Wildman–Crippen MR) is 45.9 cm³/mol. The molecule has 0 unspecified atom stereocenters. The molecule has 1 aliphatic carbocycles. The van der Waals surface area contributed by atoms with Gasteiger partial charge in [0.15, 0.2) is 5.76 Å². The van der Waals surface area contributed by atoms with Crippen LogP contribution in [0.5, 0.6) is 0 Å². The lowest BCUT2D eigenvalue weighted by atomic mass is 10.0. The fourth-order valence-electron chi connectivity index (χ4n) is 1.27. The Morgan fingerprint density at radius 3 is 2.92 bits per heavy atom. The Hall–Kier alpha value is -1.51. The molecule has 3 heteroatoms. The van der Waals surface area contributed by atoms with Crippen molar-refractivity contribution in [1.29, 1.82) is 0 Å². The van der Waals surface area contributed by atoms with Crippen LogP contribution in [0.25, 0.3) is 0 Å². The normalized spacial score (nSPS) is 20.8. The first-order valence-corrected chi connectivity index (χ1v) is 4.10. The number of hydrogen-bond acceptors (Lipinski definition) is 2. The summed E-state index contributed by atoms with van der Waals surface area (Å²) in [7, 11) is 0. The first-order valence-electron chi connectivity index (χ1n) is 4.10. The Morgan fingerprint density at radius 1 is 1.31 bits per heavy atom. The van der Waals surface area contributed by atoms with Gasteiger partial charge in [0.25, 0.3) is 0 Å². The molecule has 2 aliphatic rings. The van der Waals surface area contributed by atoms with Gasteiger partial charge in [-0.25, -0.2) is 4.39 Å². The molecule has 0 atom stereocenters. The van der Waals surface area contributed by atoms with E-state index in [4.69, 9.17) is 9.47 Å². The Kier molecular flexibility index (Phi) is 2.17. The summed E-state index contributed by atoms with van der Waals surface area (Å²) in [6.45, 7) is 0. The SMILES string of the molecule is FC1=CCCC(C2=COC=CO2)=C1. The third-order valence-electron chi connectivity index (χ3n) is 1.89. The Bertz CT molecular complexity index is 324. The van der Waals surface area contributed by atoms with Crippen LogP contribution in [0.1, 0.15) is 12.8 Å². The van der Waals surface area contributed by atoms with E-state index >= 15 is 0 Å². The predicted octanol–water partition coefficient (Wildman–Crippen LogP) is 2.92. The van der Waals surface area contributed by atoms with Gasteiger partial charge >= 0.3 is 0 Å². The van der Waals surface area contributed by atoms with Crippen molar-refractivity contribution in [3.8, 4) is 0 Å². The Labute approximate surface area is 75.6 Å². The standard InChI is InChI=1S/C10H9FO2/c11-9-3-1-2-8(6-9)10-7-12-4-5-13-10/h3-7H,1-2H2. The molecule has 0 aromatic heterocycles. The van der Waals surface area contributed by atoms with Crippen LogP contribution in [0, 0.1) is 0 Å². The van der Waals surface area contributed by atoms with E-state index < -0.39 is 0 Å². The smallest absolute Gasteiger partial charge is 0.164 e. The zero-order valence-electron chi connectivity index (χ0n) is 7.00. The highest BCUT2D eigenvalue weighted by atomic mass is 19.1. The van der Waals surface area contributed by atoms with E-state index in [1.54, 1.807) is 6.08 Å². The van der Waals surface area contributed by atoms with Crippen molar-refractivity contribution < 1.29 is 13.9 Å². The second-order valence-corrected chi connectivity index (χ2v) is 2.81. The van der Waals surface area contributed by atoms with E-state index in [2.05, 4.69) is 0 Å². The van der Waals surface area contributed by atoms with Crippen LogP contribution in [-0.4, -0.2) is 0 Å². The van der Waals surface area contributed by atoms with Gasteiger partial charge in [-0.3, -0.25) is 0 Å². The van der Waals surface area contributed by atoms with Crippen LogP contribution in [0.2, 0.25) is 0 Å². The molecule has 68 valence electrons. The van der Waals surface area contributed by atoms with E-state index in [0.29, 0.717) is 12.2 Å². The van der Waals surface area contributed by atoms with Crippen molar-refractivity contribution >= 4 is 0 Å². The van der Waals surface area contributed by atoms with Gasteiger partial charge in [0.2, 0.25) is 0 Å². The van der Waals surface area contributed by atoms with Gasteiger partial charge < -0.3 is 9.47 Å². The van der Waals surface area contributed by atoms with E-state index in [1.807, 2.05) is 0 Å². The van der Waals surface area contributed by atoms with Crippen molar-refractivity contribution in [3.63, 3.8) is 0 Å². The molecule has 1 heterocycles. The second kappa shape index (κ2) is 3.47. The number of hydrogen-bond donors (Lipinski definition) is 0. The molecule has 0 saturated carbocycles. The summed E-state index contributed by atoms with van der Waals surface area (Å²) in [4.78, 5) is 0. The van der Waals surface area contributed by atoms with E-state index in [9.17, 15) is 4.39 Å². The average molecular weight is 180 g/mol. The monoisotopic (exact) mass is 180 g/mol. The molecule has 0 N–H and O–H groups in total. The highest BCUT2D eigenvalue weighted by Gasteiger charge is 2.12. The lowest BCUT2D eigenvalue weighted by molar-refractivity contribution is 0.262. The summed E-state index contributed by atoms with van der Waals surface area (Å²) in [6, 6.07) is 0. The molecule has 0 radical (unpaired) electrons. The third kappa shape index (κ3) is 1.80. The summed E-state index contributed by atoms with van der Waals surface area (Å²) in [5.74, 6) is 0.381. The third-order valence-corrected chi connectivity index (χ3v) is 1.89. The van der Waals surface area contributed by atoms with Crippen molar-refractivity contribution in [3.05, 3.63) is 48.1 Å². The fraction of sp³-hybridized carbons (Fsp3) is 0.200. The van der Waals surface area contributed by atoms with Crippen molar-refractivity contribution in [2.24, 2.45) is 0 Å². The molecule has 0 saturated heterocycles. The first kappa shape index (κ1) is 8.10. The lowest BCUT2D eigenvalue weighted by Crippen LogP contribution is -1.99. The summed E-state index contributed by atoms with van der Waals surface area (Å²) in [5, 5.41) is 0. The fourth-order valence-corrected chi connectivity index (χ4v) is 1.27. The molecule has 0 bridgehead atoms. The van der Waals surface area contributed by atoms with Gasteiger partial charge in [-0.05, 0) is 25.0 Å². The van der Waals surface area contributed by atoms with Crippen molar-refractivity contribution in [1.82, 2.24) is 0 Å². The van der Waals surface area contributed by atoms with Crippen molar-refractivity contribution in [2.75, 3.05) is 0 Å². The van der Waals surface area contributed by atoms with E-state index in [-0.39, 0.29) is 5.83 Å². The summed E-state index contributed by atoms with van der Waals surface area (Å²) in [6.07, 6.45) is 8.87. The summed E-state index contributed by atoms with van der Waals surface area (Å²) in [5.41, 5.74) is 0.837. The van der Waals surface area contributed by atoms with Crippen molar-refractivity contribution in [2.45, 2.75) is 12.8 Å². The van der Waals surface area contributed by atoms with Gasteiger partial charge in [0, 0.05) is 5.57 Å². The molecule has 13 heavy (non-hydrogen) atoms. The highest BCUT2D eigenvalue weighted by Crippen LogP contribution is 2.26. The van der Waals surface area contributed by atoms with Gasteiger partial charge in [-0.2, -0.15) is 0 Å². The minimum atomic E-state index is -0.208. The van der Waals surface area contributed by atoms with Crippen LogP contribution in [0.3, 0.4) is 0 Å². The van der Waals surface area contributed by atoms with Gasteiger partial charge in [-0.1, -0.05) is 0 Å². The molecular formula is C10H9FO2. The van der Waals surface area contributed by atoms with Gasteiger partial charge in [0.05, 0.1) is 0 Å². The first-order chi connectivity index (χ1) is 6.36. The maximum Gasteiger partial charge on any atom is 0.164 e. The minimum absolute atomic E-state index is 0.208. The number of ether oxygens (including phenoxy) is 2. The van der Waals surface area contributed by atoms with E-state index in [1.165, 1.54) is 24.9 Å². The maximum absolute atomic E-state index is 12.8. The second-order valence-electron chi connectivity index (χ2n) is 2.81. The molecule has 0 spiro atoms. The zero-order valence-corrected chi connectivity index (χ0v) is 7.00. The molecule has 0 aromatic carbocycles. The lowest BCUT2D eigenvalue weighted by Gasteiger charge is -2.14. The number of allylic oxidation sites excluding steroid dienone is 4. The van der Waals surface area contributed by atoms with Crippen LogP contribution in [0.15, 0.2) is 48.1 Å². The zero-order chi connectivity index (χ0) is 9.10. The van der Waals surface area contributed by atoms with Gasteiger partial charge in [0.1, 0.15) is 24.6 Å². The van der Waals surface area contributed by atoms with Crippen LogP contribution < -0.4 is 0 Å². The van der Waals surface area contributed by atoms with E-state index in [0.717, 1.165) is 12.0 Å². The van der Waals surface area contributed by atoms with Crippen LogP contribution >= 0.6 is 0 Å². The molecule has 1 aliphatic heterocycles. The average Bonchev–Trinajstić information content (AvgIpc) is 2.19. The highest BCUT2D eigenvalue weighted by molar-refractivity contribution is 5.34. The van der Waals surface area contributed by atoms with Crippen LogP contribution in [0.4, 0.5) is 4.39 Å². The Balaban J connectivity index is 2.16. The quantitative estimate of drug-likeness (QED) is 0.617. The minimum Gasteiger partial charge on any atom is -0.466 e. The van der Waals surface area contributed by atoms with Crippen LogP contribution in [-0.2, 0) is 9.47 Å². The molecule has 0 amide bonds. The molecular weight excluding hydrogens is 171 g/mol. The number of halogens is 1. The molecule has 2 rings (SSSR count). The topological polar surface area (TPSA) is 18.5 Å². The largest absolute Gasteiger partial charge is 0.466 e. The molecule has 0 fully saturated rings. The number of rotatable bonds is 1. The van der Waals surface area contributed by atoms with Gasteiger partial charge in [-0.15, -0.1) is 0 Å². The molecule has 2 nitrogen and oxygen atoms in total. The summed E-state index contributed by atoms with van der Waals surface area (Å²) < 4.78 is 22.9.